The number of carbonyl (C=O) groups is 2. The van der Waals surface area contributed by atoms with E-state index in [0.29, 0.717) is 6.42 Å². The van der Waals surface area contributed by atoms with E-state index >= 15 is 0 Å². The largest absolute Gasteiger partial charge is 0.480 e. The van der Waals surface area contributed by atoms with Crippen LogP contribution >= 0.6 is 0 Å². The van der Waals surface area contributed by atoms with E-state index in [9.17, 15) is 9.59 Å². The predicted octanol–water partition coefficient (Wildman–Crippen LogP) is -0.982. The highest BCUT2D eigenvalue weighted by Crippen LogP contribution is 2.40. The van der Waals surface area contributed by atoms with Gasteiger partial charge in [0.1, 0.15) is 0 Å². The third-order valence-corrected chi connectivity index (χ3v) is 2.98. The zero-order valence-electron chi connectivity index (χ0n) is 7.71. The number of aliphatic carboxylic acids is 2. The van der Waals surface area contributed by atoms with Crippen molar-refractivity contribution in [2.75, 3.05) is 0 Å². The number of nitrogens with zero attached hydrogens (tertiary/aromatic N) is 1. The molecule has 4 N–H and O–H groups in total. The summed E-state index contributed by atoms with van der Waals surface area (Å²) in [6.07, 6.45) is -0.288. The van der Waals surface area contributed by atoms with Crippen LogP contribution in [0.15, 0.2) is 5.16 Å². The molecule has 0 aromatic rings. The van der Waals surface area contributed by atoms with E-state index in [2.05, 4.69) is 5.16 Å². The van der Waals surface area contributed by atoms with Gasteiger partial charge in [0.15, 0.2) is 17.4 Å². The number of rotatable bonds is 2. The Kier molecular flexibility index (Phi) is 1.93. The molecule has 1 heterocycles. The van der Waals surface area contributed by atoms with E-state index in [0.717, 1.165) is 0 Å². The van der Waals surface area contributed by atoms with E-state index < -0.39 is 29.5 Å². The molecule has 1 fully saturated rings. The SMILES string of the molecule is N[C@]1(C(=O)O)CC[C@@H]2C(C(=O)O)=NO[C@@H]21. The minimum absolute atomic E-state index is 0.131. The molecular formula is C8H10N2O5. The Hall–Kier alpha value is -1.63. The summed E-state index contributed by atoms with van der Waals surface area (Å²) < 4.78 is 0. The first kappa shape index (κ1) is 9.91. The highest BCUT2D eigenvalue weighted by Gasteiger charge is 2.58. The predicted molar refractivity (Wildman–Crippen MR) is 47.2 cm³/mol. The van der Waals surface area contributed by atoms with Gasteiger partial charge in [-0.15, -0.1) is 0 Å². The average Bonchev–Trinajstić information content (AvgIpc) is 2.67. The van der Waals surface area contributed by atoms with Crippen LogP contribution in [0.1, 0.15) is 12.8 Å². The van der Waals surface area contributed by atoms with Gasteiger partial charge in [-0.25, -0.2) is 4.79 Å². The summed E-state index contributed by atoms with van der Waals surface area (Å²) in [4.78, 5) is 26.5. The summed E-state index contributed by atoms with van der Waals surface area (Å²) in [5, 5.41) is 21.1. The number of hydrogen-bond donors (Lipinski definition) is 3. The number of oxime groups is 1. The van der Waals surface area contributed by atoms with E-state index in [4.69, 9.17) is 20.8 Å². The summed E-state index contributed by atoms with van der Waals surface area (Å²) >= 11 is 0. The number of nitrogens with two attached hydrogens (primary N) is 1. The average molecular weight is 214 g/mol. The molecular weight excluding hydrogens is 204 g/mol. The topological polar surface area (TPSA) is 122 Å². The second-order valence-electron chi connectivity index (χ2n) is 3.80. The standard InChI is InChI=1S/C8H10N2O5/c9-8(7(13)14)2-1-3-4(6(11)12)10-15-5(3)8/h3,5H,1-2,9H2,(H,11,12)(H,13,14)/t3-,5+,8-/m1/s1. The van der Waals surface area contributed by atoms with Crippen LogP contribution in [0, 0.1) is 5.92 Å². The molecule has 1 aliphatic carbocycles. The van der Waals surface area contributed by atoms with Crippen molar-refractivity contribution in [3.8, 4) is 0 Å². The van der Waals surface area contributed by atoms with Crippen LogP contribution < -0.4 is 5.73 Å². The maximum atomic E-state index is 10.9. The van der Waals surface area contributed by atoms with Crippen molar-refractivity contribution < 1.29 is 24.6 Å². The van der Waals surface area contributed by atoms with Gasteiger partial charge in [-0.2, -0.15) is 0 Å². The molecule has 1 saturated carbocycles. The Morgan fingerprint density at radius 2 is 2.20 bits per heavy atom. The van der Waals surface area contributed by atoms with Gasteiger partial charge in [-0.05, 0) is 12.8 Å². The molecule has 2 rings (SSSR count). The number of carboxylic acids is 2. The summed E-state index contributed by atoms with van der Waals surface area (Å²) in [5.74, 6) is -2.88. The minimum atomic E-state index is -1.52. The summed E-state index contributed by atoms with van der Waals surface area (Å²) in [6.45, 7) is 0. The monoisotopic (exact) mass is 214 g/mol. The molecule has 0 aromatic heterocycles. The normalized spacial score (nSPS) is 38.1. The van der Waals surface area contributed by atoms with Crippen LogP contribution in [-0.4, -0.2) is 39.5 Å². The molecule has 0 saturated heterocycles. The quantitative estimate of drug-likeness (QED) is 0.542. The van der Waals surface area contributed by atoms with Gasteiger partial charge >= 0.3 is 11.9 Å². The van der Waals surface area contributed by atoms with Gasteiger partial charge in [0.2, 0.25) is 0 Å². The van der Waals surface area contributed by atoms with Crippen LogP contribution in [0.5, 0.6) is 0 Å². The van der Waals surface area contributed by atoms with Gasteiger partial charge in [-0.3, -0.25) is 4.79 Å². The molecule has 0 spiro atoms. The molecule has 15 heavy (non-hydrogen) atoms. The lowest BCUT2D eigenvalue weighted by Gasteiger charge is -2.23. The number of carboxylic acid groups (broad SMARTS) is 2. The molecule has 0 amide bonds. The third-order valence-electron chi connectivity index (χ3n) is 2.98. The van der Waals surface area contributed by atoms with Crippen molar-refractivity contribution in [2.24, 2.45) is 16.8 Å². The van der Waals surface area contributed by atoms with Crippen molar-refractivity contribution in [1.82, 2.24) is 0 Å². The van der Waals surface area contributed by atoms with Gasteiger partial charge in [0.05, 0.1) is 5.92 Å². The molecule has 0 radical (unpaired) electrons. The first-order chi connectivity index (χ1) is 6.97. The molecule has 2 aliphatic rings. The zero-order chi connectivity index (χ0) is 11.2. The highest BCUT2D eigenvalue weighted by atomic mass is 16.6. The smallest absolute Gasteiger partial charge is 0.354 e. The number of hydrogen-bond acceptors (Lipinski definition) is 5. The first-order valence-electron chi connectivity index (χ1n) is 4.46. The van der Waals surface area contributed by atoms with Crippen molar-refractivity contribution in [3.05, 3.63) is 0 Å². The highest BCUT2D eigenvalue weighted by molar-refractivity contribution is 6.37. The second-order valence-corrected chi connectivity index (χ2v) is 3.80. The van der Waals surface area contributed by atoms with Crippen LogP contribution in [-0.2, 0) is 14.4 Å². The Labute approximate surface area is 84.5 Å². The van der Waals surface area contributed by atoms with Crippen LogP contribution in [0.4, 0.5) is 0 Å². The molecule has 7 nitrogen and oxygen atoms in total. The zero-order valence-corrected chi connectivity index (χ0v) is 7.71. The number of fused-ring (bicyclic) bond motifs is 1. The van der Waals surface area contributed by atoms with E-state index in [1.807, 2.05) is 0 Å². The van der Waals surface area contributed by atoms with Gasteiger partial charge in [0, 0.05) is 0 Å². The molecule has 0 aromatic carbocycles. The molecule has 0 unspecified atom stereocenters. The van der Waals surface area contributed by atoms with Gasteiger partial charge < -0.3 is 20.8 Å². The molecule has 7 heteroatoms. The fourth-order valence-corrected chi connectivity index (χ4v) is 2.10. The lowest BCUT2D eigenvalue weighted by atomic mass is 9.92. The Morgan fingerprint density at radius 3 is 2.73 bits per heavy atom. The van der Waals surface area contributed by atoms with Crippen molar-refractivity contribution in [3.63, 3.8) is 0 Å². The van der Waals surface area contributed by atoms with Crippen molar-refractivity contribution in [1.29, 1.82) is 0 Å². The molecule has 3 atom stereocenters. The molecule has 82 valence electrons. The van der Waals surface area contributed by atoms with Crippen LogP contribution in [0.2, 0.25) is 0 Å². The third kappa shape index (κ3) is 1.19. The van der Waals surface area contributed by atoms with Crippen molar-refractivity contribution >= 4 is 17.7 Å². The summed E-state index contributed by atoms with van der Waals surface area (Å²) in [5.41, 5.74) is 4.01. The molecule has 0 bridgehead atoms. The van der Waals surface area contributed by atoms with Crippen molar-refractivity contribution in [2.45, 2.75) is 24.5 Å². The molecule has 1 aliphatic heterocycles. The van der Waals surface area contributed by atoms with Crippen LogP contribution in [0.3, 0.4) is 0 Å². The van der Waals surface area contributed by atoms with Gasteiger partial charge in [0.25, 0.3) is 0 Å². The van der Waals surface area contributed by atoms with E-state index in [-0.39, 0.29) is 12.1 Å². The maximum absolute atomic E-state index is 10.9. The Balaban J connectivity index is 2.26. The van der Waals surface area contributed by atoms with E-state index in [1.165, 1.54) is 0 Å². The lowest BCUT2D eigenvalue weighted by Crippen LogP contribution is -2.55. The lowest BCUT2D eigenvalue weighted by molar-refractivity contribution is -0.148. The fraction of sp³-hybridized carbons (Fsp3) is 0.625. The maximum Gasteiger partial charge on any atom is 0.354 e. The summed E-state index contributed by atoms with van der Waals surface area (Å²) in [7, 11) is 0. The van der Waals surface area contributed by atoms with Crippen LogP contribution in [0.25, 0.3) is 0 Å². The Bertz CT molecular complexity index is 366. The second kappa shape index (κ2) is 2.93. The van der Waals surface area contributed by atoms with E-state index in [1.54, 1.807) is 0 Å². The summed E-state index contributed by atoms with van der Waals surface area (Å²) in [6, 6.07) is 0. The fourth-order valence-electron chi connectivity index (χ4n) is 2.10. The first-order valence-corrected chi connectivity index (χ1v) is 4.46. The van der Waals surface area contributed by atoms with Gasteiger partial charge in [-0.1, -0.05) is 5.16 Å². The Morgan fingerprint density at radius 1 is 1.53 bits per heavy atom. The minimum Gasteiger partial charge on any atom is -0.480 e.